The summed E-state index contributed by atoms with van der Waals surface area (Å²) in [5.74, 6) is -0.207. The lowest BCUT2D eigenvalue weighted by Gasteiger charge is -2.22. The van der Waals surface area contributed by atoms with Gasteiger partial charge in [0.05, 0.1) is 0 Å². The molecule has 0 saturated heterocycles. The van der Waals surface area contributed by atoms with E-state index in [1.807, 2.05) is 0 Å². The molecule has 0 rings (SSSR count). The highest BCUT2D eigenvalue weighted by atomic mass is 16.3. The van der Waals surface area contributed by atoms with Gasteiger partial charge in [-0.25, -0.2) is 0 Å². The van der Waals surface area contributed by atoms with Crippen LogP contribution in [-0.4, -0.2) is 16.8 Å². The van der Waals surface area contributed by atoms with Gasteiger partial charge in [0.1, 0.15) is 5.72 Å². The SMILES string of the molecule is CCC(C)(O)NC(=N)N. The van der Waals surface area contributed by atoms with Gasteiger partial charge >= 0.3 is 0 Å². The van der Waals surface area contributed by atoms with E-state index in [2.05, 4.69) is 5.32 Å². The fourth-order valence-corrected chi connectivity index (χ4v) is 0.379. The molecule has 0 saturated carbocycles. The zero-order chi connectivity index (χ0) is 7.49. The van der Waals surface area contributed by atoms with E-state index in [-0.39, 0.29) is 5.96 Å². The Morgan fingerprint density at radius 1 is 1.89 bits per heavy atom. The summed E-state index contributed by atoms with van der Waals surface area (Å²) in [5.41, 5.74) is 3.93. The summed E-state index contributed by atoms with van der Waals surface area (Å²) in [5, 5.41) is 18.3. The number of nitrogens with one attached hydrogen (secondary N) is 2. The molecule has 0 fully saturated rings. The second-order valence-electron chi connectivity index (χ2n) is 2.17. The number of aliphatic hydroxyl groups is 1. The monoisotopic (exact) mass is 131 g/mol. The van der Waals surface area contributed by atoms with Crippen LogP contribution in [0.4, 0.5) is 0 Å². The minimum absolute atomic E-state index is 0.207. The number of rotatable bonds is 2. The molecule has 0 heterocycles. The normalized spacial score (nSPS) is 16.3. The van der Waals surface area contributed by atoms with Crippen molar-refractivity contribution < 1.29 is 5.11 Å². The molecule has 0 bridgehead atoms. The van der Waals surface area contributed by atoms with Crippen molar-refractivity contribution in [3.05, 3.63) is 0 Å². The van der Waals surface area contributed by atoms with E-state index in [4.69, 9.17) is 16.2 Å². The molecular formula is C5H13N3O. The van der Waals surface area contributed by atoms with Crippen LogP contribution < -0.4 is 11.1 Å². The van der Waals surface area contributed by atoms with Crippen LogP contribution in [0.15, 0.2) is 0 Å². The second kappa shape index (κ2) is 2.68. The molecule has 5 N–H and O–H groups in total. The zero-order valence-electron chi connectivity index (χ0n) is 5.73. The molecule has 0 amide bonds. The van der Waals surface area contributed by atoms with Crippen LogP contribution in [0.2, 0.25) is 0 Å². The summed E-state index contributed by atoms with van der Waals surface area (Å²) in [4.78, 5) is 0. The number of hydrogen-bond acceptors (Lipinski definition) is 2. The Hall–Kier alpha value is -0.770. The molecule has 0 aliphatic carbocycles. The maximum Gasteiger partial charge on any atom is 0.187 e. The lowest BCUT2D eigenvalue weighted by atomic mass is 10.2. The van der Waals surface area contributed by atoms with E-state index >= 15 is 0 Å². The van der Waals surface area contributed by atoms with Gasteiger partial charge in [-0.1, -0.05) is 6.92 Å². The van der Waals surface area contributed by atoms with Crippen LogP contribution in [0.25, 0.3) is 0 Å². The Bertz CT molecular complexity index is 111. The first-order valence-corrected chi connectivity index (χ1v) is 2.82. The van der Waals surface area contributed by atoms with Crippen molar-refractivity contribution in [3.8, 4) is 0 Å². The second-order valence-corrected chi connectivity index (χ2v) is 2.17. The molecule has 54 valence electrons. The first-order chi connectivity index (χ1) is 3.98. The lowest BCUT2D eigenvalue weighted by Crippen LogP contribution is -2.48. The van der Waals surface area contributed by atoms with Crippen LogP contribution in [0.3, 0.4) is 0 Å². The summed E-state index contributed by atoms with van der Waals surface area (Å²) < 4.78 is 0. The van der Waals surface area contributed by atoms with Gasteiger partial charge in [0.2, 0.25) is 0 Å². The van der Waals surface area contributed by atoms with E-state index < -0.39 is 5.72 Å². The van der Waals surface area contributed by atoms with Crippen molar-refractivity contribution in [2.24, 2.45) is 5.73 Å². The molecule has 1 atom stereocenters. The molecule has 0 aromatic rings. The third-order valence-electron chi connectivity index (χ3n) is 1.09. The highest BCUT2D eigenvalue weighted by Crippen LogP contribution is 2.00. The topological polar surface area (TPSA) is 82.1 Å². The molecule has 9 heavy (non-hydrogen) atoms. The number of guanidine groups is 1. The van der Waals surface area contributed by atoms with Crippen LogP contribution in [0, 0.1) is 5.41 Å². The van der Waals surface area contributed by atoms with Crippen LogP contribution in [0.1, 0.15) is 20.3 Å². The molecule has 0 aromatic carbocycles. The molecule has 0 radical (unpaired) electrons. The van der Waals surface area contributed by atoms with Crippen molar-refractivity contribution in [1.82, 2.24) is 5.32 Å². The molecule has 1 unspecified atom stereocenters. The van der Waals surface area contributed by atoms with Crippen molar-refractivity contribution >= 4 is 5.96 Å². The van der Waals surface area contributed by atoms with E-state index in [1.165, 1.54) is 0 Å². The van der Waals surface area contributed by atoms with E-state index in [9.17, 15) is 0 Å². The molecule has 4 heteroatoms. The zero-order valence-corrected chi connectivity index (χ0v) is 5.73. The maximum absolute atomic E-state index is 9.16. The Labute approximate surface area is 54.6 Å². The molecule has 0 aromatic heterocycles. The van der Waals surface area contributed by atoms with Gasteiger partial charge in [-0.2, -0.15) is 0 Å². The Kier molecular flexibility index (Phi) is 2.45. The van der Waals surface area contributed by atoms with Crippen LogP contribution >= 0.6 is 0 Å². The van der Waals surface area contributed by atoms with Crippen molar-refractivity contribution in [2.45, 2.75) is 26.0 Å². The first-order valence-electron chi connectivity index (χ1n) is 2.82. The van der Waals surface area contributed by atoms with E-state index in [1.54, 1.807) is 13.8 Å². The van der Waals surface area contributed by atoms with Gasteiger partial charge in [0.15, 0.2) is 5.96 Å². The summed E-state index contributed by atoms with van der Waals surface area (Å²) in [6.45, 7) is 3.37. The van der Waals surface area contributed by atoms with Gasteiger partial charge in [-0.15, -0.1) is 0 Å². The van der Waals surface area contributed by atoms with Crippen molar-refractivity contribution in [2.75, 3.05) is 0 Å². The van der Waals surface area contributed by atoms with Gasteiger partial charge in [-0.05, 0) is 13.3 Å². The molecule has 4 nitrogen and oxygen atoms in total. The minimum atomic E-state index is -1.04. The Balaban J connectivity index is 3.71. The number of nitrogens with two attached hydrogens (primary N) is 1. The van der Waals surface area contributed by atoms with Crippen LogP contribution in [0.5, 0.6) is 0 Å². The van der Waals surface area contributed by atoms with Crippen LogP contribution in [-0.2, 0) is 0 Å². The molecule has 0 aliphatic rings. The van der Waals surface area contributed by atoms with Gasteiger partial charge < -0.3 is 16.2 Å². The van der Waals surface area contributed by atoms with E-state index in [0.717, 1.165) is 0 Å². The predicted molar refractivity (Wildman–Crippen MR) is 36.0 cm³/mol. The Morgan fingerprint density at radius 2 is 2.33 bits per heavy atom. The average Bonchev–Trinajstić information content (AvgIpc) is 1.63. The summed E-state index contributed by atoms with van der Waals surface area (Å²) in [7, 11) is 0. The molecule has 0 spiro atoms. The predicted octanol–water partition coefficient (Wildman–Crippen LogP) is -0.412. The van der Waals surface area contributed by atoms with E-state index in [0.29, 0.717) is 6.42 Å². The highest BCUT2D eigenvalue weighted by Gasteiger charge is 2.15. The average molecular weight is 131 g/mol. The van der Waals surface area contributed by atoms with Crippen molar-refractivity contribution in [3.63, 3.8) is 0 Å². The largest absolute Gasteiger partial charge is 0.371 e. The number of hydrogen-bond donors (Lipinski definition) is 4. The fraction of sp³-hybridized carbons (Fsp3) is 0.800. The standard InChI is InChI=1S/C5H13N3O/c1-3-5(2,9)8-4(6)7/h9H,3H2,1-2H3,(H4,6,7,8). The van der Waals surface area contributed by atoms with Gasteiger partial charge in [-0.3, -0.25) is 5.41 Å². The highest BCUT2D eigenvalue weighted by molar-refractivity contribution is 5.74. The lowest BCUT2D eigenvalue weighted by molar-refractivity contribution is 0.0401. The third kappa shape index (κ3) is 3.78. The van der Waals surface area contributed by atoms with Gasteiger partial charge in [0.25, 0.3) is 0 Å². The first kappa shape index (κ1) is 8.23. The summed E-state index contributed by atoms with van der Waals surface area (Å²) in [6.07, 6.45) is 0.520. The van der Waals surface area contributed by atoms with Crippen molar-refractivity contribution in [1.29, 1.82) is 5.41 Å². The summed E-state index contributed by atoms with van der Waals surface area (Å²) >= 11 is 0. The fourth-order valence-electron chi connectivity index (χ4n) is 0.379. The summed E-state index contributed by atoms with van der Waals surface area (Å²) in [6, 6.07) is 0. The molecule has 0 aliphatic heterocycles. The molecular weight excluding hydrogens is 118 g/mol. The minimum Gasteiger partial charge on any atom is -0.371 e. The maximum atomic E-state index is 9.16. The Morgan fingerprint density at radius 3 is 2.44 bits per heavy atom. The smallest absolute Gasteiger partial charge is 0.187 e. The van der Waals surface area contributed by atoms with Gasteiger partial charge in [0, 0.05) is 0 Å². The third-order valence-corrected chi connectivity index (χ3v) is 1.09. The quantitative estimate of drug-likeness (QED) is 0.233.